The molecule has 1 aliphatic rings. The van der Waals surface area contributed by atoms with Gasteiger partial charge in [-0.05, 0) is 19.5 Å². The summed E-state index contributed by atoms with van der Waals surface area (Å²) in [5.74, 6) is 2.58. The first-order valence-corrected chi connectivity index (χ1v) is 7.05. The number of unbranched alkanes of at least 4 members (excludes halogenated alkanes) is 1. The highest BCUT2D eigenvalue weighted by atomic mass is 32.2. The van der Waals surface area contributed by atoms with Gasteiger partial charge in [-0.15, -0.1) is 0 Å². The lowest BCUT2D eigenvalue weighted by Crippen LogP contribution is -2.46. The van der Waals surface area contributed by atoms with Gasteiger partial charge in [0.2, 0.25) is 0 Å². The average molecular weight is 216 g/mol. The van der Waals surface area contributed by atoms with Crippen LogP contribution in [-0.4, -0.2) is 48.6 Å². The van der Waals surface area contributed by atoms with Crippen LogP contribution in [0.3, 0.4) is 0 Å². The molecule has 0 aromatic carbocycles. The second kappa shape index (κ2) is 7.55. The molecule has 3 heteroatoms. The fraction of sp³-hybridized carbons (Fsp3) is 1.00. The predicted molar refractivity (Wildman–Crippen MR) is 66.1 cm³/mol. The van der Waals surface area contributed by atoms with Crippen molar-refractivity contribution in [2.45, 2.75) is 32.7 Å². The molecule has 1 atom stereocenters. The maximum atomic E-state index is 3.60. The van der Waals surface area contributed by atoms with Crippen LogP contribution < -0.4 is 5.32 Å². The zero-order valence-electron chi connectivity index (χ0n) is 9.59. The summed E-state index contributed by atoms with van der Waals surface area (Å²) < 4.78 is 0. The van der Waals surface area contributed by atoms with E-state index < -0.39 is 0 Å². The van der Waals surface area contributed by atoms with Crippen molar-refractivity contribution in [3.05, 3.63) is 0 Å². The Morgan fingerprint density at radius 3 is 2.86 bits per heavy atom. The Labute approximate surface area is 92.8 Å². The van der Waals surface area contributed by atoms with Gasteiger partial charge < -0.3 is 10.2 Å². The zero-order chi connectivity index (χ0) is 10.2. The fourth-order valence-corrected chi connectivity index (χ4v) is 2.75. The molecule has 0 aromatic rings. The number of nitrogens with one attached hydrogen (secondary N) is 1. The van der Waals surface area contributed by atoms with Crippen LogP contribution in [0.15, 0.2) is 0 Å². The van der Waals surface area contributed by atoms with Gasteiger partial charge >= 0.3 is 0 Å². The van der Waals surface area contributed by atoms with Crippen molar-refractivity contribution in [2.24, 2.45) is 0 Å². The van der Waals surface area contributed by atoms with Crippen LogP contribution in [0.1, 0.15) is 26.7 Å². The molecule has 1 fully saturated rings. The van der Waals surface area contributed by atoms with E-state index in [2.05, 4.69) is 35.8 Å². The van der Waals surface area contributed by atoms with Crippen molar-refractivity contribution in [2.75, 3.05) is 37.7 Å². The molecule has 1 saturated heterocycles. The standard InChI is InChI=1S/C11H24N2S/c1-3-5-7-13(4-2)9-11-10-14-8-6-12-11/h11-12H,3-10H2,1-2H3. The van der Waals surface area contributed by atoms with Gasteiger partial charge in [0.25, 0.3) is 0 Å². The van der Waals surface area contributed by atoms with Gasteiger partial charge in [-0.1, -0.05) is 20.3 Å². The third-order valence-electron chi connectivity index (χ3n) is 2.75. The number of likely N-dealkylation sites (N-methyl/N-ethyl adjacent to an activating group) is 1. The van der Waals surface area contributed by atoms with E-state index in [1.54, 1.807) is 0 Å². The van der Waals surface area contributed by atoms with E-state index in [9.17, 15) is 0 Å². The summed E-state index contributed by atoms with van der Waals surface area (Å²) in [6.07, 6.45) is 2.65. The smallest absolute Gasteiger partial charge is 0.0285 e. The quantitative estimate of drug-likeness (QED) is 0.729. The average Bonchev–Trinajstić information content (AvgIpc) is 2.25. The van der Waals surface area contributed by atoms with Crippen LogP contribution in [0.5, 0.6) is 0 Å². The summed E-state index contributed by atoms with van der Waals surface area (Å²) in [7, 11) is 0. The highest BCUT2D eigenvalue weighted by Gasteiger charge is 2.15. The maximum absolute atomic E-state index is 3.60. The molecule has 1 rings (SSSR count). The van der Waals surface area contributed by atoms with Crippen LogP contribution in [0, 0.1) is 0 Å². The molecular weight excluding hydrogens is 192 g/mol. The first kappa shape index (κ1) is 12.3. The molecule has 0 amide bonds. The lowest BCUT2D eigenvalue weighted by Gasteiger charge is -2.29. The van der Waals surface area contributed by atoms with Crippen LogP contribution >= 0.6 is 11.8 Å². The largest absolute Gasteiger partial charge is 0.311 e. The van der Waals surface area contributed by atoms with E-state index in [1.807, 2.05) is 0 Å². The van der Waals surface area contributed by atoms with Crippen LogP contribution in [-0.2, 0) is 0 Å². The molecule has 0 radical (unpaired) electrons. The minimum atomic E-state index is 0.727. The van der Waals surface area contributed by atoms with E-state index >= 15 is 0 Å². The molecule has 0 saturated carbocycles. The van der Waals surface area contributed by atoms with Gasteiger partial charge in [0.05, 0.1) is 0 Å². The van der Waals surface area contributed by atoms with Gasteiger partial charge in [-0.25, -0.2) is 0 Å². The molecule has 14 heavy (non-hydrogen) atoms. The van der Waals surface area contributed by atoms with Gasteiger partial charge in [-0.2, -0.15) is 11.8 Å². The normalized spacial score (nSPS) is 22.9. The van der Waals surface area contributed by atoms with Gasteiger partial charge in [0.1, 0.15) is 0 Å². The minimum absolute atomic E-state index is 0.727. The van der Waals surface area contributed by atoms with Crippen molar-refractivity contribution in [3.8, 4) is 0 Å². The fourth-order valence-electron chi connectivity index (χ4n) is 1.81. The second-order valence-electron chi connectivity index (χ2n) is 3.97. The molecule has 0 spiro atoms. The lowest BCUT2D eigenvalue weighted by atomic mass is 10.2. The summed E-state index contributed by atoms with van der Waals surface area (Å²) in [6.45, 7) is 9.44. The van der Waals surface area contributed by atoms with Crippen LogP contribution in [0.25, 0.3) is 0 Å². The van der Waals surface area contributed by atoms with Crippen molar-refractivity contribution < 1.29 is 0 Å². The van der Waals surface area contributed by atoms with Gasteiger partial charge in [-0.3, -0.25) is 0 Å². The number of thioether (sulfide) groups is 1. The SMILES string of the molecule is CCCCN(CC)CC1CSCCN1. The lowest BCUT2D eigenvalue weighted by molar-refractivity contribution is 0.257. The molecule has 0 aromatic heterocycles. The Balaban J connectivity index is 2.16. The van der Waals surface area contributed by atoms with E-state index in [4.69, 9.17) is 0 Å². The molecule has 0 bridgehead atoms. The minimum Gasteiger partial charge on any atom is -0.311 e. The number of rotatable bonds is 6. The molecule has 1 heterocycles. The highest BCUT2D eigenvalue weighted by molar-refractivity contribution is 7.99. The Kier molecular flexibility index (Phi) is 6.65. The monoisotopic (exact) mass is 216 g/mol. The summed E-state index contributed by atoms with van der Waals surface area (Å²) in [5.41, 5.74) is 0. The van der Waals surface area contributed by atoms with E-state index in [-0.39, 0.29) is 0 Å². The zero-order valence-corrected chi connectivity index (χ0v) is 10.4. The summed E-state index contributed by atoms with van der Waals surface area (Å²) in [4.78, 5) is 2.58. The molecule has 1 aliphatic heterocycles. The summed E-state index contributed by atoms with van der Waals surface area (Å²) in [6, 6.07) is 0.727. The number of hydrogen-bond acceptors (Lipinski definition) is 3. The van der Waals surface area contributed by atoms with Crippen molar-refractivity contribution in [3.63, 3.8) is 0 Å². The molecule has 2 nitrogen and oxygen atoms in total. The molecule has 0 aliphatic carbocycles. The topological polar surface area (TPSA) is 15.3 Å². The molecule has 1 unspecified atom stereocenters. The third-order valence-corrected chi connectivity index (χ3v) is 3.88. The Hall–Kier alpha value is 0.270. The number of nitrogens with zero attached hydrogens (tertiary/aromatic N) is 1. The van der Waals surface area contributed by atoms with Crippen molar-refractivity contribution >= 4 is 11.8 Å². The van der Waals surface area contributed by atoms with E-state index in [0.717, 1.165) is 6.04 Å². The van der Waals surface area contributed by atoms with Crippen LogP contribution in [0.2, 0.25) is 0 Å². The van der Waals surface area contributed by atoms with Crippen molar-refractivity contribution in [1.82, 2.24) is 10.2 Å². The molecule has 84 valence electrons. The second-order valence-corrected chi connectivity index (χ2v) is 5.12. The Morgan fingerprint density at radius 2 is 2.29 bits per heavy atom. The maximum Gasteiger partial charge on any atom is 0.0285 e. The van der Waals surface area contributed by atoms with Gasteiger partial charge in [0, 0.05) is 30.6 Å². The Morgan fingerprint density at radius 1 is 1.43 bits per heavy atom. The molecule has 1 N–H and O–H groups in total. The van der Waals surface area contributed by atoms with Crippen LogP contribution in [0.4, 0.5) is 0 Å². The van der Waals surface area contributed by atoms with Gasteiger partial charge in [0.15, 0.2) is 0 Å². The first-order valence-electron chi connectivity index (χ1n) is 5.90. The third kappa shape index (κ3) is 4.67. The summed E-state index contributed by atoms with van der Waals surface area (Å²) in [5, 5.41) is 3.60. The number of hydrogen-bond donors (Lipinski definition) is 1. The first-order chi connectivity index (χ1) is 6.86. The van der Waals surface area contributed by atoms with E-state index in [0.29, 0.717) is 0 Å². The summed E-state index contributed by atoms with van der Waals surface area (Å²) >= 11 is 2.09. The highest BCUT2D eigenvalue weighted by Crippen LogP contribution is 2.09. The van der Waals surface area contributed by atoms with Crippen molar-refractivity contribution in [1.29, 1.82) is 0 Å². The predicted octanol–water partition coefficient (Wildman–Crippen LogP) is 1.81. The Bertz CT molecular complexity index is 135. The van der Waals surface area contributed by atoms with E-state index in [1.165, 1.54) is 50.5 Å². The molecular formula is C11H24N2S.